The molecule has 0 amide bonds. The number of ether oxygens (including phenoxy) is 1. The van der Waals surface area contributed by atoms with Crippen molar-refractivity contribution in [1.29, 1.82) is 0 Å². The molecule has 0 aliphatic rings. The van der Waals surface area contributed by atoms with Crippen LogP contribution in [0.3, 0.4) is 0 Å². The fraction of sp³-hybridized carbons (Fsp3) is 0.211. The first-order valence-electron chi connectivity index (χ1n) is 8.52. The molecule has 2 heterocycles. The Balaban J connectivity index is 1.26. The molecule has 8 heteroatoms. The summed E-state index contributed by atoms with van der Waals surface area (Å²) in [4.78, 5) is 4.50. The lowest BCUT2D eigenvalue weighted by Gasteiger charge is -2.04. The van der Waals surface area contributed by atoms with Crippen LogP contribution in [0.4, 0.5) is 10.8 Å². The van der Waals surface area contributed by atoms with Crippen LogP contribution < -0.4 is 10.1 Å². The molecule has 0 unspecified atom stereocenters. The van der Waals surface area contributed by atoms with Crippen LogP contribution in [0.25, 0.3) is 11.1 Å². The number of hydrogen-bond donors (Lipinski definition) is 1. The van der Waals surface area contributed by atoms with E-state index in [2.05, 4.69) is 20.5 Å². The van der Waals surface area contributed by atoms with Crippen LogP contribution in [0.15, 0.2) is 57.3 Å². The fourth-order valence-electron chi connectivity index (χ4n) is 2.55. The average molecular weight is 399 g/mol. The normalized spacial score (nSPS) is 11.0. The minimum Gasteiger partial charge on any atom is -0.497 e. The number of methoxy groups -OCH3 is 1. The number of aromatic nitrogens is 3. The van der Waals surface area contributed by atoms with Gasteiger partial charge < -0.3 is 14.5 Å². The van der Waals surface area contributed by atoms with E-state index in [-0.39, 0.29) is 0 Å². The first-order chi connectivity index (χ1) is 13.3. The van der Waals surface area contributed by atoms with Crippen LogP contribution in [-0.2, 0) is 6.42 Å². The van der Waals surface area contributed by atoms with Gasteiger partial charge in [0.25, 0.3) is 0 Å². The van der Waals surface area contributed by atoms with Gasteiger partial charge in [0.05, 0.1) is 7.11 Å². The van der Waals surface area contributed by atoms with Crippen LogP contribution in [0.5, 0.6) is 5.75 Å². The predicted octanol–water partition coefficient (Wildman–Crippen LogP) is 5.16. The molecule has 0 saturated carbocycles. The second-order valence-corrected chi connectivity index (χ2v) is 8.08. The highest BCUT2D eigenvalue weighted by Crippen LogP contribution is 2.29. The van der Waals surface area contributed by atoms with Gasteiger partial charge in [-0.15, -0.1) is 10.2 Å². The summed E-state index contributed by atoms with van der Waals surface area (Å²) in [6.07, 6.45) is 1.78. The van der Waals surface area contributed by atoms with Gasteiger partial charge in [-0.2, -0.15) is 0 Å². The number of para-hydroxylation sites is 2. The van der Waals surface area contributed by atoms with E-state index in [4.69, 9.17) is 9.15 Å². The second-order valence-electron chi connectivity index (χ2n) is 5.76. The lowest BCUT2D eigenvalue weighted by atomic mass is 10.3. The molecule has 138 valence electrons. The largest absolute Gasteiger partial charge is 0.497 e. The van der Waals surface area contributed by atoms with Crippen molar-refractivity contribution in [2.45, 2.75) is 17.2 Å². The van der Waals surface area contributed by atoms with Crippen LogP contribution in [0.2, 0.25) is 0 Å². The highest BCUT2D eigenvalue weighted by Gasteiger charge is 2.08. The molecule has 27 heavy (non-hydrogen) atoms. The molecule has 0 atom stereocenters. The molecule has 1 N–H and O–H groups in total. The third-order valence-corrected chi connectivity index (χ3v) is 5.88. The first-order valence-corrected chi connectivity index (χ1v) is 10.3. The highest BCUT2D eigenvalue weighted by molar-refractivity contribution is 8.01. The van der Waals surface area contributed by atoms with E-state index < -0.39 is 0 Å². The Morgan fingerprint density at radius 1 is 1.15 bits per heavy atom. The fourth-order valence-corrected chi connectivity index (χ4v) is 4.33. The zero-order valence-electron chi connectivity index (χ0n) is 14.7. The van der Waals surface area contributed by atoms with E-state index in [1.54, 1.807) is 30.2 Å². The molecule has 0 fully saturated rings. The predicted molar refractivity (Wildman–Crippen MR) is 109 cm³/mol. The number of hydrogen-bond acceptors (Lipinski definition) is 8. The molecule has 4 rings (SSSR count). The standard InChI is InChI=1S/C19H18N4O2S2/c1-24-14-7-4-6-13(12-14)20-18-22-23-19(27-18)26-11-5-10-17-21-15-8-2-3-9-16(15)25-17/h2-4,6-9,12H,5,10-11H2,1H3,(H,20,22). The van der Waals surface area contributed by atoms with E-state index in [1.165, 1.54) is 0 Å². The van der Waals surface area contributed by atoms with Crippen LogP contribution in [0.1, 0.15) is 12.3 Å². The van der Waals surface area contributed by atoms with Crippen molar-refractivity contribution in [2.24, 2.45) is 0 Å². The van der Waals surface area contributed by atoms with E-state index >= 15 is 0 Å². The van der Waals surface area contributed by atoms with Gasteiger partial charge in [-0.05, 0) is 30.7 Å². The molecule has 2 aromatic carbocycles. The van der Waals surface area contributed by atoms with Gasteiger partial charge in [-0.1, -0.05) is 41.3 Å². The van der Waals surface area contributed by atoms with Gasteiger partial charge in [0, 0.05) is 23.9 Å². The molecule has 0 aliphatic heterocycles. The number of thioether (sulfide) groups is 1. The van der Waals surface area contributed by atoms with Crippen LogP contribution in [0, 0.1) is 0 Å². The Bertz CT molecular complexity index is 998. The number of nitrogens with one attached hydrogen (secondary N) is 1. The topological polar surface area (TPSA) is 73.1 Å². The van der Waals surface area contributed by atoms with Gasteiger partial charge in [0.1, 0.15) is 11.3 Å². The van der Waals surface area contributed by atoms with Crippen LogP contribution >= 0.6 is 23.1 Å². The summed E-state index contributed by atoms with van der Waals surface area (Å²) in [5.41, 5.74) is 2.69. The molecular weight excluding hydrogens is 380 g/mol. The molecule has 0 bridgehead atoms. The Hall–Kier alpha value is -2.58. The second kappa shape index (κ2) is 8.41. The summed E-state index contributed by atoms with van der Waals surface area (Å²) in [5, 5.41) is 12.5. The minimum atomic E-state index is 0.768. The van der Waals surface area contributed by atoms with Crippen molar-refractivity contribution in [3.63, 3.8) is 0 Å². The first kappa shape index (κ1) is 17.8. The number of fused-ring (bicyclic) bond motifs is 1. The minimum absolute atomic E-state index is 0.768. The summed E-state index contributed by atoms with van der Waals surface area (Å²) in [7, 11) is 1.65. The summed E-state index contributed by atoms with van der Waals surface area (Å²) >= 11 is 3.24. The Kier molecular flexibility index (Phi) is 5.55. The Morgan fingerprint density at radius 2 is 2.07 bits per heavy atom. The zero-order chi connectivity index (χ0) is 18.5. The van der Waals surface area contributed by atoms with Gasteiger partial charge in [0.15, 0.2) is 15.8 Å². The molecule has 4 aromatic rings. The van der Waals surface area contributed by atoms with Gasteiger partial charge in [0.2, 0.25) is 5.13 Å². The number of benzene rings is 2. The lowest BCUT2D eigenvalue weighted by molar-refractivity contribution is 0.415. The quantitative estimate of drug-likeness (QED) is 0.325. The summed E-state index contributed by atoms with van der Waals surface area (Å²) < 4.78 is 11.9. The van der Waals surface area contributed by atoms with Crippen molar-refractivity contribution in [3.05, 3.63) is 54.4 Å². The maximum atomic E-state index is 5.74. The molecule has 2 aromatic heterocycles. The zero-order valence-corrected chi connectivity index (χ0v) is 16.3. The summed E-state index contributed by atoms with van der Waals surface area (Å²) in [5.74, 6) is 2.53. The van der Waals surface area contributed by atoms with E-state index in [0.29, 0.717) is 0 Å². The number of aryl methyl sites for hydroxylation is 1. The number of rotatable bonds is 8. The maximum Gasteiger partial charge on any atom is 0.210 e. The van der Waals surface area contributed by atoms with Crippen molar-refractivity contribution >= 4 is 45.0 Å². The monoisotopic (exact) mass is 398 g/mol. The molecule has 0 spiro atoms. The van der Waals surface area contributed by atoms with E-state index in [9.17, 15) is 0 Å². The third-order valence-electron chi connectivity index (χ3n) is 3.83. The van der Waals surface area contributed by atoms with Gasteiger partial charge in [-0.3, -0.25) is 0 Å². The van der Waals surface area contributed by atoms with Crippen molar-refractivity contribution in [1.82, 2.24) is 15.2 Å². The van der Waals surface area contributed by atoms with Crippen molar-refractivity contribution in [3.8, 4) is 5.75 Å². The van der Waals surface area contributed by atoms with Crippen LogP contribution in [-0.4, -0.2) is 28.0 Å². The number of nitrogens with zero attached hydrogens (tertiary/aromatic N) is 3. The molecular formula is C19H18N4O2S2. The van der Waals surface area contributed by atoms with E-state index in [0.717, 1.165) is 56.5 Å². The average Bonchev–Trinajstić information content (AvgIpc) is 3.31. The molecule has 0 saturated heterocycles. The highest BCUT2D eigenvalue weighted by atomic mass is 32.2. The molecule has 0 aliphatic carbocycles. The number of oxazole rings is 1. The van der Waals surface area contributed by atoms with Gasteiger partial charge >= 0.3 is 0 Å². The van der Waals surface area contributed by atoms with Crippen molar-refractivity contribution < 1.29 is 9.15 Å². The summed E-state index contributed by atoms with van der Waals surface area (Å²) in [6, 6.07) is 15.6. The lowest BCUT2D eigenvalue weighted by Crippen LogP contribution is -1.90. The van der Waals surface area contributed by atoms with Gasteiger partial charge in [-0.25, -0.2) is 4.98 Å². The van der Waals surface area contributed by atoms with E-state index in [1.807, 2.05) is 48.5 Å². The molecule has 6 nitrogen and oxygen atoms in total. The Labute approximate surface area is 165 Å². The molecule has 0 radical (unpaired) electrons. The smallest absolute Gasteiger partial charge is 0.210 e. The summed E-state index contributed by atoms with van der Waals surface area (Å²) in [6.45, 7) is 0. The third kappa shape index (κ3) is 4.58. The Morgan fingerprint density at radius 3 is 2.96 bits per heavy atom. The number of anilines is 2. The maximum absolute atomic E-state index is 5.74. The SMILES string of the molecule is COc1cccc(Nc2nnc(SCCCc3nc4ccccc4o3)s2)c1. The van der Waals surface area contributed by atoms with Crippen molar-refractivity contribution in [2.75, 3.05) is 18.2 Å².